The molecule has 0 amide bonds. The van der Waals surface area contributed by atoms with E-state index in [1.54, 1.807) is 6.92 Å². The molecule has 2 fully saturated rings. The quantitative estimate of drug-likeness (QED) is 0.454. The van der Waals surface area contributed by atoms with Crippen molar-refractivity contribution >= 4 is 0 Å². The summed E-state index contributed by atoms with van der Waals surface area (Å²) in [5, 5.41) is 0. The fourth-order valence-electron chi connectivity index (χ4n) is 1.70. The third-order valence-electron chi connectivity index (χ3n) is 2.86. The fourth-order valence-corrected chi connectivity index (χ4v) is 1.70. The molecule has 1 aliphatic heterocycles. The van der Waals surface area contributed by atoms with Crippen molar-refractivity contribution in [2.24, 2.45) is 0 Å². The van der Waals surface area contributed by atoms with Gasteiger partial charge in [0.15, 0.2) is 0 Å². The summed E-state index contributed by atoms with van der Waals surface area (Å²) in [7, 11) is 0. The van der Waals surface area contributed by atoms with Gasteiger partial charge in [-0.1, -0.05) is 0 Å². The predicted octanol–water partition coefficient (Wildman–Crippen LogP) is 1.67. The Bertz CT molecular complexity index is 150. The van der Waals surface area contributed by atoms with Gasteiger partial charge in [0.25, 0.3) is 0 Å². The lowest BCUT2D eigenvalue weighted by atomic mass is 9.96. The van der Waals surface area contributed by atoms with E-state index in [1.807, 2.05) is 6.92 Å². The first-order valence-electron chi connectivity index (χ1n) is 3.43. The Hall–Kier alpha value is -0.110. The van der Waals surface area contributed by atoms with Gasteiger partial charge in [-0.05, 0) is 26.7 Å². The van der Waals surface area contributed by atoms with Crippen LogP contribution in [0.25, 0.3) is 0 Å². The summed E-state index contributed by atoms with van der Waals surface area (Å²) in [5.74, 6) is 0. The molecule has 0 unspecified atom stereocenters. The smallest absolute Gasteiger partial charge is 0.139 e. The molecule has 0 aromatic carbocycles. The minimum Gasteiger partial charge on any atom is -0.363 e. The van der Waals surface area contributed by atoms with Gasteiger partial charge in [0.2, 0.25) is 0 Å². The van der Waals surface area contributed by atoms with Crippen LogP contribution >= 0.6 is 0 Å². The average Bonchev–Trinajstić information content (AvgIpc) is 2.34. The zero-order valence-corrected chi connectivity index (χ0v) is 5.78. The van der Waals surface area contributed by atoms with E-state index in [0.29, 0.717) is 6.42 Å². The first kappa shape index (κ1) is 5.66. The molecule has 1 saturated carbocycles. The summed E-state index contributed by atoms with van der Waals surface area (Å²) >= 11 is 0. The molecule has 2 heteroatoms. The highest BCUT2D eigenvalue weighted by molar-refractivity contribution is 5.17. The maximum Gasteiger partial charge on any atom is 0.139 e. The van der Waals surface area contributed by atoms with Gasteiger partial charge < -0.3 is 4.74 Å². The number of hydrogen-bond acceptors (Lipinski definition) is 1. The molecule has 0 aromatic heterocycles. The van der Waals surface area contributed by atoms with Crippen molar-refractivity contribution in [2.75, 3.05) is 0 Å². The highest BCUT2D eigenvalue weighted by atomic mass is 19.1. The van der Waals surface area contributed by atoms with Gasteiger partial charge in [-0.2, -0.15) is 0 Å². The molecule has 52 valence electrons. The second kappa shape index (κ2) is 1.17. The minimum absolute atomic E-state index is 0.229. The van der Waals surface area contributed by atoms with Crippen molar-refractivity contribution < 1.29 is 9.13 Å². The van der Waals surface area contributed by atoms with E-state index in [-0.39, 0.29) is 6.10 Å². The van der Waals surface area contributed by atoms with Gasteiger partial charge in [-0.15, -0.1) is 0 Å². The van der Waals surface area contributed by atoms with Crippen LogP contribution in [0.15, 0.2) is 0 Å². The van der Waals surface area contributed by atoms with Crippen LogP contribution in [-0.2, 0) is 4.74 Å². The van der Waals surface area contributed by atoms with Gasteiger partial charge in [0.05, 0.1) is 6.10 Å². The van der Waals surface area contributed by atoms with E-state index in [4.69, 9.17) is 4.74 Å². The van der Waals surface area contributed by atoms with Crippen molar-refractivity contribution in [1.29, 1.82) is 0 Å². The number of rotatable bonds is 0. The summed E-state index contributed by atoms with van der Waals surface area (Å²) in [6.07, 6.45) is 1.81. The van der Waals surface area contributed by atoms with E-state index >= 15 is 0 Å². The molecule has 0 N–H and O–H groups in total. The molecule has 1 heterocycles. The van der Waals surface area contributed by atoms with Crippen molar-refractivity contribution in [2.45, 2.75) is 44.1 Å². The largest absolute Gasteiger partial charge is 0.363 e. The fraction of sp³-hybridized carbons (Fsp3) is 1.00. The lowest BCUT2D eigenvalue weighted by Crippen LogP contribution is -2.32. The van der Waals surface area contributed by atoms with E-state index in [9.17, 15) is 4.39 Å². The number of ether oxygens (including phenoxy) is 1. The van der Waals surface area contributed by atoms with Crippen molar-refractivity contribution in [3.05, 3.63) is 0 Å². The number of epoxide rings is 1. The van der Waals surface area contributed by atoms with E-state index in [2.05, 4.69) is 0 Å². The van der Waals surface area contributed by atoms with E-state index in [1.165, 1.54) is 0 Å². The second-order valence-corrected chi connectivity index (χ2v) is 3.45. The highest BCUT2D eigenvalue weighted by Crippen LogP contribution is 2.57. The Balaban J connectivity index is 2.28. The van der Waals surface area contributed by atoms with E-state index < -0.39 is 11.3 Å². The van der Waals surface area contributed by atoms with Crippen LogP contribution in [0, 0.1) is 0 Å². The number of hydrogen-bond donors (Lipinski definition) is 0. The first-order valence-corrected chi connectivity index (χ1v) is 3.43. The van der Waals surface area contributed by atoms with Crippen LogP contribution in [0.5, 0.6) is 0 Å². The molecule has 0 bridgehead atoms. The Labute approximate surface area is 54.2 Å². The van der Waals surface area contributed by atoms with Crippen molar-refractivity contribution in [3.8, 4) is 0 Å². The molecule has 1 aliphatic carbocycles. The molecular formula is C7H11FO. The number of alkyl halides is 1. The Kier molecular flexibility index (Phi) is 0.736. The van der Waals surface area contributed by atoms with Gasteiger partial charge in [-0.3, -0.25) is 0 Å². The van der Waals surface area contributed by atoms with Crippen molar-refractivity contribution in [3.63, 3.8) is 0 Å². The standard InChI is InChI=1S/C7H11FO/c1-6(8)4-3-5-7(6,2)9-5/h5H,3-4H2,1-2H3/t5-,6-,7-/m1/s1. The SMILES string of the molecule is C[C@@]1(F)CC[C@H]2O[C@]21C. The van der Waals surface area contributed by atoms with Gasteiger partial charge in [0, 0.05) is 0 Å². The van der Waals surface area contributed by atoms with Gasteiger partial charge >= 0.3 is 0 Å². The first-order chi connectivity index (χ1) is 4.06. The topological polar surface area (TPSA) is 12.5 Å². The maximum absolute atomic E-state index is 13.3. The maximum atomic E-state index is 13.3. The monoisotopic (exact) mass is 130 g/mol. The summed E-state index contributed by atoms with van der Waals surface area (Å²) in [4.78, 5) is 0. The third-order valence-corrected chi connectivity index (χ3v) is 2.86. The second-order valence-electron chi connectivity index (χ2n) is 3.45. The summed E-state index contributed by atoms with van der Waals surface area (Å²) in [6.45, 7) is 3.50. The highest BCUT2D eigenvalue weighted by Gasteiger charge is 2.69. The molecule has 0 spiro atoms. The lowest BCUT2D eigenvalue weighted by molar-refractivity contribution is 0.0636. The molecule has 0 radical (unpaired) electrons. The Morgan fingerprint density at radius 2 is 2.22 bits per heavy atom. The van der Waals surface area contributed by atoms with Crippen LogP contribution in [0.1, 0.15) is 26.7 Å². The molecule has 9 heavy (non-hydrogen) atoms. The lowest BCUT2D eigenvalue weighted by Gasteiger charge is -2.19. The molecule has 2 rings (SSSR count). The van der Waals surface area contributed by atoms with Gasteiger partial charge in [-0.25, -0.2) is 4.39 Å². The summed E-state index contributed by atoms with van der Waals surface area (Å²) in [5.41, 5.74) is -1.47. The Morgan fingerprint density at radius 1 is 1.56 bits per heavy atom. The zero-order chi connectivity index (χ0) is 6.70. The Morgan fingerprint density at radius 3 is 2.33 bits per heavy atom. The average molecular weight is 130 g/mol. The molecular weight excluding hydrogens is 119 g/mol. The van der Waals surface area contributed by atoms with E-state index in [0.717, 1.165) is 6.42 Å². The van der Waals surface area contributed by atoms with Crippen LogP contribution < -0.4 is 0 Å². The van der Waals surface area contributed by atoms with Crippen molar-refractivity contribution in [1.82, 2.24) is 0 Å². The van der Waals surface area contributed by atoms with Crippen LogP contribution in [0.3, 0.4) is 0 Å². The molecule has 3 atom stereocenters. The van der Waals surface area contributed by atoms with Crippen LogP contribution in [0.2, 0.25) is 0 Å². The molecule has 1 nitrogen and oxygen atoms in total. The third kappa shape index (κ3) is 0.480. The zero-order valence-electron chi connectivity index (χ0n) is 5.78. The molecule has 0 aromatic rings. The number of halogens is 1. The molecule has 2 aliphatic rings. The summed E-state index contributed by atoms with van der Waals surface area (Å²) < 4.78 is 18.5. The predicted molar refractivity (Wildman–Crippen MR) is 32.0 cm³/mol. The number of fused-ring (bicyclic) bond motifs is 1. The van der Waals surface area contributed by atoms with Gasteiger partial charge in [0.1, 0.15) is 11.3 Å². The van der Waals surface area contributed by atoms with Crippen LogP contribution in [0.4, 0.5) is 4.39 Å². The minimum atomic E-state index is -1.06. The summed E-state index contributed by atoms with van der Waals surface area (Å²) in [6, 6.07) is 0. The normalized spacial score (nSPS) is 63.7. The van der Waals surface area contributed by atoms with Crippen LogP contribution in [-0.4, -0.2) is 17.4 Å². The molecule has 1 saturated heterocycles.